The molecule has 0 amide bonds. The molecule has 140 valence electrons. The maximum Gasteiger partial charge on any atom is 0.308 e. The largest absolute Gasteiger partial charge is 0.465 e. The van der Waals surface area contributed by atoms with Gasteiger partial charge in [0.05, 0.1) is 18.1 Å². The Kier molecular flexibility index (Phi) is 7.95. The number of carbonyl (C=O) groups is 1. The predicted octanol–water partition coefficient (Wildman–Crippen LogP) is 5.28. The van der Waals surface area contributed by atoms with Gasteiger partial charge in [-0.1, -0.05) is 68.9 Å². The first-order valence-corrected chi connectivity index (χ1v) is 10.0. The summed E-state index contributed by atoms with van der Waals surface area (Å²) in [6.45, 7) is 4.81. The van der Waals surface area contributed by atoms with Crippen molar-refractivity contribution in [3.8, 4) is 0 Å². The quantitative estimate of drug-likeness (QED) is 0.489. The molecule has 1 aromatic carbocycles. The molecule has 0 atom stereocenters. The lowest BCUT2D eigenvalue weighted by Crippen LogP contribution is -2.34. The molecule has 1 saturated carbocycles. The van der Waals surface area contributed by atoms with E-state index in [9.17, 15) is 9.90 Å². The van der Waals surface area contributed by atoms with E-state index >= 15 is 0 Å². The zero-order chi connectivity index (χ0) is 18.1. The van der Waals surface area contributed by atoms with Gasteiger partial charge in [0.2, 0.25) is 0 Å². The van der Waals surface area contributed by atoms with Crippen LogP contribution in [-0.2, 0) is 15.1 Å². The molecular weight excluding hydrogens is 312 g/mol. The van der Waals surface area contributed by atoms with Crippen LogP contribution < -0.4 is 0 Å². The van der Waals surface area contributed by atoms with Crippen molar-refractivity contribution < 1.29 is 14.6 Å². The number of hydrogen-bond acceptors (Lipinski definition) is 3. The highest BCUT2D eigenvalue weighted by Crippen LogP contribution is 2.39. The highest BCUT2D eigenvalue weighted by molar-refractivity contribution is 5.72. The van der Waals surface area contributed by atoms with E-state index in [0.717, 1.165) is 18.4 Å². The predicted molar refractivity (Wildman–Crippen MR) is 101 cm³/mol. The van der Waals surface area contributed by atoms with Crippen LogP contribution in [0.15, 0.2) is 24.3 Å². The molecule has 1 aliphatic carbocycles. The Morgan fingerprint density at radius 2 is 1.68 bits per heavy atom. The zero-order valence-corrected chi connectivity index (χ0v) is 15.9. The normalized spacial score (nSPS) is 23.4. The Bertz CT molecular complexity index is 513. The summed E-state index contributed by atoms with van der Waals surface area (Å²) in [4.78, 5) is 12.2. The van der Waals surface area contributed by atoms with Crippen molar-refractivity contribution >= 4 is 5.97 Å². The molecule has 0 bridgehead atoms. The second kappa shape index (κ2) is 9.96. The van der Waals surface area contributed by atoms with E-state index in [-0.39, 0.29) is 11.9 Å². The van der Waals surface area contributed by atoms with Crippen molar-refractivity contribution in [2.75, 3.05) is 6.61 Å². The molecule has 0 heterocycles. The van der Waals surface area contributed by atoms with Crippen molar-refractivity contribution in [2.45, 2.75) is 83.7 Å². The molecule has 3 heteroatoms. The summed E-state index contributed by atoms with van der Waals surface area (Å²) < 4.78 is 5.46. The first-order valence-electron chi connectivity index (χ1n) is 10.0. The van der Waals surface area contributed by atoms with Crippen LogP contribution in [0.25, 0.3) is 0 Å². The lowest BCUT2D eigenvalue weighted by atomic mass is 9.75. The average molecular weight is 347 g/mol. The molecule has 0 aliphatic heterocycles. The van der Waals surface area contributed by atoms with Gasteiger partial charge in [0.25, 0.3) is 0 Å². The fourth-order valence-corrected chi connectivity index (χ4v) is 3.66. The molecule has 1 N–H and O–H groups in total. The maximum atomic E-state index is 12.2. The minimum atomic E-state index is -0.788. The van der Waals surface area contributed by atoms with Gasteiger partial charge < -0.3 is 9.84 Å². The van der Waals surface area contributed by atoms with Gasteiger partial charge in [0.1, 0.15) is 0 Å². The van der Waals surface area contributed by atoms with Crippen LogP contribution >= 0.6 is 0 Å². The van der Waals surface area contributed by atoms with Gasteiger partial charge in [0, 0.05) is 0 Å². The highest BCUT2D eigenvalue weighted by Gasteiger charge is 2.37. The Morgan fingerprint density at radius 1 is 1.08 bits per heavy atom. The van der Waals surface area contributed by atoms with Crippen LogP contribution in [0.1, 0.15) is 82.3 Å². The molecule has 0 saturated heterocycles. The number of benzene rings is 1. The third-order valence-corrected chi connectivity index (χ3v) is 5.48. The summed E-state index contributed by atoms with van der Waals surface area (Å²) >= 11 is 0. The van der Waals surface area contributed by atoms with Crippen molar-refractivity contribution in [2.24, 2.45) is 5.92 Å². The van der Waals surface area contributed by atoms with Crippen molar-refractivity contribution in [1.82, 2.24) is 0 Å². The number of ether oxygens (including phenoxy) is 1. The minimum Gasteiger partial charge on any atom is -0.465 e. The van der Waals surface area contributed by atoms with Crippen molar-refractivity contribution in [3.05, 3.63) is 35.4 Å². The monoisotopic (exact) mass is 346 g/mol. The van der Waals surface area contributed by atoms with Gasteiger partial charge in [-0.3, -0.25) is 4.79 Å². The first-order chi connectivity index (χ1) is 12.0. The second-order valence-corrected chi connectivity index (χ2v) is 7.61. The van der Waals surface area contributed by atoms with Gasteiger partial charge in [0.15, 0.2) is 0 Å². The minimum absolute atomic E-state index is 0.0502. The number of hydrogen-bond donors (Lipinski definition) is 1. The van der Waals surface area contributed by atoms with Crippen LogP contribution in [0.2, 0.25) is 0 Å². The van der Waals surface area contributed by atoms with E-state index in [4.69, 9.17) is 4.74 Å². The molecule has 1 fully saturated rings. The molecule has 2 rings (SSSR count). The molecule has 0 spiro atoms. The Hall–Kier alpha value is -1.35. The summed E-state index contributed by atoms with van der Waals surface area (Å²) in [5.74, 6) is -0.120. The van der Waals surface area contributed by atoms with E-state index in [1.807, 2.05) is 31.2 Å². The number of aliphatic hydroxyl groups is 1. The van der Waals surface area contributed by atoms with Crippen molar-refractivity contribution in [1.29, 1.82) is 0 Å². The van der Waals surface area contributed by atoms with Crippen molar-refractivity contribution in [3.63, 3.8) is 0 Å². The summed E-state index contributed by atoms with van der Waals surface area (Å²) in [5, 5.41) is 10.9. The Labute approximate surface area is 152 Å². The highest BCUT2D eigenvalue weighted by atomic mass is 16.5. The number of unbranched alkanes of at least 4 members (excludes halogenated alkanes) is 5. The molecule has 0 unspecified atom stereocenters. The Morgan fingerprint density at radius 3 is 2.32 bits per heavy atom. The maximum absolute atomic E-state index is 12.2. The fourth-order valence-electron chi connectivity index (χ4n) is 3.66. The van der Waals surface area contributed by atoms with E-state index in [2.05, 4.69) is 6.92 Å². The molecule has 1 aromatic rings. The molecule has 3 nitrogen and oxygen atoms in total. The molecule has 1 aliphatic rings. The number of aryl methyl sites for hydroxylation is 1. The SMILES string of the molecule is CCCCCCCCOC(=O)C1CCC(O)(c2ccc(C)cc2)CC1. The lowest BCUT2D eigenvalue weighted by molar-refractivity contribution is -0.152. The summed E-state index contributed by atoms with van der Waals surface area (Å²) in [5.41, 5.74) is 1.38. The topological polar surface area (TPSA) is 46.5 Å². The number of rotatable bonds is 9. The zero-order valence-electron chi connectivity index (χ0n) is 15.9. The molecule has 25 heavy (non-hydrogen) atoms. The fraction of sp³-hybridized carbons (Fsp3) is 0.682. The lowest BCUT2D eigenvalue weighted by Gasteiger charge is -2.35. The van der Waals surface area contributed by atoms with E-state index in [1.54, 1.807) is 0 Å². The van der Waals surface area contributed by atoms with Gasteiger partial charge in [-0.05, 0) is 44.6 Å². The van der Waals surface area contributed by atoms with Crippen LogP contribution in [0.3, 0.4) is 0 Å². The standard InChI is InChI=1S/C22H34O3/c1-3-4-5-6-7-8-17-25-21(23)19-13-15-22(24,16-14-19)20-11-9-18(2)10-12-20/h9-12,19,24H,3-8,13-17H2,1-2H3. The van der Waals surface area contributed by atoms with Crippen LogP contribution in [0, 0.1) is 12.8 Å². The van der Waals surface area contributed by atoms with Crippen LogP contribution in [0.4, 0.5) is 0 Å². The summed E-state index contributed by atoms with van der Waals surface area (Å²) in [6.07, 6.45) is 9.86. The smallest absolute Gasteiger partial charge is 0.308 e. The first kappa shape index (κ1) is 20.0. The Balaban J connectivity index is 1.68. The summed E-state index contributed by atoms with van der Waals surface area (Å²) in [6, 6.07) is 8.08. The molecular formula is C22H34O3. The van der Waals surface area contributed by atoms with Gasteiger partial charge in [-0.25, -0.2) is 0 Å². The van der Waals surface area contributed by atoms with Gasteiger partial charge in [-0.2, -0.15) is 0 Å². The summed E-state index contributed by atoms with van der Waals surface area (Å²) in [7, 11) is 0. The van der Waals surface area contributed by atoms with E-state index in [1.165, 1.54) is 31.2 Å². The second-order valence-electron chi connectivity index (χ2n) is 7.61. The number of carbonyl (C=O) groups excluding carboxylic acids is 1. The third kappa shape index (κ3) is 6.14. The van der Waals surface area contributed by atoms with Gasteiger partial charge >= 0.3 is 5.97 Å². The molecule has 0 radical (unpaired) electrons. The average Bonchev–Trinajstić information content (AvgIpc) is 2.62. The van der Waals surface area contributed by atoms with Crippen LogP contribution in [0.5, 0.6) is 0 Å². The third-order valence-electron chi connectivity index (χ3n) is 5.48. The molecule has 0 aromatic heterocycles. The van der Waals surface area contributed by atoms with Gasteiger partial charge in [-0.15, -0.1) is 0 Å². The van der Waals surface area contributed by atoms with E-state index in [0.29, 0.717) is 32.3 Å². The van der Waals surface area contributed by atoms with Crippen LogP contribution in [-0.4, -0.2) is 17.7 Å². The van der Waals surface area contributed by atoms with E-state index < -0.39 is 5.60 Å². The number of esters is 1.